The standard InChI is InChI=1S/C16H23ClN4O2/c1-11-9-12(2)14(13(17)10-11)20-16(23)15(22)19-5-8-21-6-3-18-4-7-21/h9-10,18H,3-8H2,1-2H3,(H,19,22)(H,20,23). The predicted octanol–water partition coefficient (Wildman–Crippen LogP) is 0.917. The fourth-order valence-corrected chi connectivity index (χ4v) is 2.96. The highest BCUT2D eigenvalue weighted by Crippen LogP contribution is 2.27. The van der Waals surface area contributed by atoms with Gasteiger partial charge in [-0.25, -0.2) is 0 Å². The molecule has 1 heterocycles. The van der Waals surface area contributed by atoms with Crippen LogP contribution in [0.5, 0.6) is 0 Å². The Bertz CT molecular complexity index is 562. The molecule has 1 aromatic rings. The summed E-state index contributed by atoms with van der Waals surface area (Å²) < 4.78 is 0. The Hall–Kier alpha value is -1.63. The van der Waals surface area contributed by atoms with Crippen molar-refractivity contribution in [1.82, 2.24) is 15.5 Å². The molecule has 3 N–H and O–H groups in total. The van der Waals surface area contributed by atoms with Crippen LogP contribution in [0.15, 0.2) is 12.1 Å². The van der Waals surface area contributed by atoms with Crippen molar-refractivity contribution in [2.24, 2.45) is 0 Å². The van der Waals surface area contributed by atoms with Crippen molar-refractivity contribution < 1.29 is 9.59 Å². The maximum atomic E-state index is 12.0. The average molecular weight is 339 g/mol. The van der Waals surface area contributed by atoms with Gasteiger partial charge >= 0.3 is 11.8 Å². The lowest BCUT2D eigenvalue weighted by Crippen LogP contribution is -2.47. The summed E-state index contributed by atoms with van der Waals surface area (Å²) >= 11 is 6.13. The van der Waals surface area contributed by atoms with Crippen LogP contribution in [-0.2, 0) is 9.59 Å². The highest BCUT2D eigenvalue weighted by molar-refractivity contribution is 6.41. The van der Waals surface area contributed by atoms with E-state index in [1.807, 2.05) is 19.9 Å². The first-order chi connectivity index (χ1) is 11.0. The summed E-state index contributed by atoms with van der Waals surface area (Å²) in [6.07, 6.45) is 0. The molecule has 0 unspecified atom stereocenters. The van der Waals surface area contributed by atoms with Gasteiger partial charge in [-0.1, -0.05) is 17.7 Å². The third-order valence-corrected chi connectivity index (χ3v) is 4.10. The van der Waals surface area contributed by atoms with E-state index in [0.717, 1.165) is 43.9 Å². The van der Waals surface area contributed by atoms with Gasteiger partial charge in [0.25, 0.3) is 0 Å². The van der Waals surface area contributed by atoms with E-state index in [0.29, 0.717) is 17.3 Å². The number of anilines is 1. The monoisotopic (exact) mass is 338 g/mol. The molecule has 0 radical (unpaired) electrons. The predicted molar refractivity (Wildman–Crippen MR) is 91.9 cm³/mol. The number of hydrogen-bond donors (Lipinski definition) is 3. The van der Waals surface area contributed by atoms with Crippen LogP contribution < -0.4 is 16.0 Å². The molecule has 1 aliphatic heterocycles. The second kappa shape index (κ2) is 8.29. The van der Waals surface area contributed by atoms with Crippen molar-refractivity contribution in [2.45, 2.75) is 13.8 Å². The van der Waals surface area contributed by atoms with Gasteiger partial charge in [-0.2, -0.15) is 0 Å². The molecular weight excluding hydrogens is 316 g/mol. The summed E-state index contributed by atoms with van der Waals surface area (Å²) in [4.78, 5) is 26.1. The van der Waals surface area contributed by atoms with Crippen molar-refractivity contribution in [3.05, 3.63) is 28.3 Å². The molecule has 6 nitrogen and oxygen atoms in total. The number of carbonyl (C=O) groups excluding carboxylic acids is 2. The van der Waals surface area contributed by atoms with E-state index in [1.54, 1.807) is 6.07 Å². The van der Waals surface area contributed by atoms with E-state index >= 15 is 0 Å². The number of hydrogen-bond acceptors (Lipinski definition) is 4. The molecule has 0 aromatic heterocycles. The van der Waals surface area contributed by atoms with Crippen molar-refractivity contribution in [3.8, 4) is 0 Å². The van der Waals surface area contributed by atoms with Gasteiger partial charge in [0.15, 0.2) is 0 Å². The van der Waals surface area contributed by atoms with E-state index in [2.05, 4.69) is 20.9 Å². The number of nitrogens with zero attached hydrogens (tertiary/aromatic N) is 1. The quantitative estimate of drug-likeness (QED) is 0.714. The Balaban J connectivity index is 1.82. The van der Waals surface area contributed by atoms with Crippen LogP contribution in [0.3, 0.4) is 0 Å². The van der Waals surface area contributed by atoms with E-state index in [9.17, 15) is 9.59 Å². The van der Waals surface area contributed by atoms with Crippen LogP contribution >= 0.6 is 11.6 Å². The van der Waals surface area contributed by atoms with Crippen molar-refractivity contribution in [3.63, 3.8) is 0 Å². The molecule has 2 rings (SSSR count). The number of carbonyl (C=O) groups is 2. The highest BCUT2D eigenvalue weighted by Gasteiger charge is 2.17. The number of benzene rings is 1. The zero-order valence-electron chi connectivity index (χ0n) is 13.5. The van der Waals surface area contributed by atoms with Gasteiger partial charge in [0, 0.05) is 39.3 Å². The fourth-order valence-electron chi connectivity index (χ4n) is 2.59. The van der Waals surface area contributed by atoms with Crippen LogP contribution in [0.4, 0.5) is 5.69 Å². The van der Waals surface area contributed by atoms with E-state index in [-0.39, 0.29) is 0 Å². The van der Waals surface area contributed by atoms with E-state index in [1.165, 1.54) is 0 Å². The first-order valence-corrected chi connectivity index (χ1v) is 8.14. The van der Waals surface area contributed by atoms with Crippen molar-refractivity contribution >= 4 is 29.1 Å². The molecule has 126 valence electrons. The Morgan fingerprint density at radius 3 is 2.57 bits per heavy atom. The van der Waals surface area contributed by atoms with Gasteiger partial charge in [0.2, 0.25) is 0 Å². The molecule has 1 fully saturated rings. The molecule has 7 heteroatoms. The summed E-state index contributed by atoms with van der Waals surface area (Å²) in [6, 6.07) is 3.66. The molecule has 0 aliphatic carbocycles. The molecule has 1 saturated heterocycles. The first kappa shape index (κ1) is 17.7. The minimum absolute atomic E-state index is 0.435. The zero-order chi connectivity index (χ0) is 16.8. The lowest BCUT2D eigenvalue weighted by Gasteiger charge is -2.27. The molecule has 1 aromatic carbocycles. The summed E-state index contributed by atoms with van der Waals surface area (Å²) in [7, 11) is 0. The normalized spacial score (nSPS) is 15.3. The Labute approximate surface area is 141 Å². The maximum absolute atomic E-state index is 12.0. The number of piperazine rings is 1. The zero-order valence-corrected chi connectivity index (χ0v) is 14.3. The first-order valence-electron chi connectivity index (χ1n) is 7.76. The number of amides is 2. The Kier molecular flexibility index (Phi) is 6.38. The molecular formula is C16H23ClN4O2. The van der Waals surface area contributed by atoms with Crippen LogP contribution in [0.1, 0.15) is 11.1 Å². The molecule has 23 heavy (non-hydrogen) atoms. The van der Waals surface area contributed by atoms with Gasteiger partial charge in [-0.3, -0.25) is 14.5 Å². The van der Waals surface area contributed by atoms with Crippen molar-refractivity contribution in [1.29, 1.82) is 0 Å². The average Bonchev–Trinajstić information content (AvgIpc) is 2.51. The lowest BCUT2D eigenvalue weighted by molar-refractivity contribution is -0.136. The number of aryl methyl sites for hydroxylation is 2. The molecule has 0 atom stereocenters. The maximum Gasteiger partial charge on any atom is 0.313 e. The van der Waals surface area contributed by atoms with Gasteiger partial charge in [-0.15, -0.1) is 0 Å². The molecule has 1 aliphatic rings. The fraction of sp³-hybridized carbons (Fsp3) is 0.500. The highest BCUT2D eigenvalue weighted by atomic mass is 35.5. The van der Waals surface area contributed by atoms with Gasteiger partial charge in [0.05, 0.1) is 10.7 Å². The summed E-state index contributed by atoms with van der Waals surface area (Å²) in [5, 5.41) is 8.93. The number of halogens is 1. The SMILES string of the molecule is Cc1cc(C)c(NC(=O)C(=O)NCCN2CCNCC2)c(Cl)c1. The molecule has 2 amide bonds. The van der Waals surface area contributed by atoms with Gasteiger partial charge in [0.1, 0.15) is 0 Å². The van der Waals surface area contributed by atoms with Gasteiger partial charge in [-0.05, 0) is 31.0 Å². The number of nitrogens with one attached hydrogen (secondary N) is 3. The summed E-state index contributed by atoms with van der Waals surface area (Å²) in [6.45, 7) is 8.79. The second-order valence-electron chi connectivity index (χ2n) is 5.74. The molecule has 0 bridgehead atoms. The lowest BCUT2D eigenvalue weighted by atomic mass is 10.1. The van der Waals surface area contributed by atoms with Crippen LogP contribution in [0, 0.1) is 13.8 Å². The summed E-state index contributed by atoms with van der Waals surface area (Å²) in [5.41, 5.74) is 2.32. The van der Waals surface area contributed by atoms with Crippen LogP contribution in [0.25, 0.3) is 0 Å². The largest absolute Gasteiger partial charge is 0.347 e. The van der Waals surface area contributed by atoms with Crippen molar-refractivity contribution in [2.75, 3.05) is 44.6 Å². The Morgan fingerprint density at radius 2 is 1.91 bits per heavy atom. The van der Waals surface area contributed by atoms with Crippen LogP contribution in [-0.4, -0.2) is 56.0 Å². The van der Waals surface area contributed by atoms with Crippen LogP contribution in [0.2, 0.25) is 5.02 Å². The molecule has 0 saturated carbocycles. The third kappa shape index (κ3) is 5.20. The minimum atomic E-state index is -0.695. The number of rotatable bonds is 4. The smallest absolute Gasteiger partial charge is 0.313 e. The van der Waals surface area contributed by atoms with E-state index in [4.69, 9.17) is 11.6 Å². The third-order valence-electron chi connectivity index (χ3n) is 3.80. The Morgan fingerprint density at radius 1 is 1.22 bits per heavy atom. The second-order valence-corrected chi connectivity index (χ2v) is 6.15. The van der Waals surface area contributed by atoms with E-state index < -0.39 is 11.8 Å². The molecule has 0 spiro atoms. The minimum Gasteiger partial charge on any atom is -0.347 e. The van der Waals surface area contributed by atoms with Gasteiger partial charge < -0.3 is 16.0 Å². The topological polar surface area (TPSA) is 73.5 Å². The summed E-state index contributed by atoms with van der Waals surface area (Å²) in [5.74, 6) is -1.34.